The van der Waals surface area contributed by atoms with Crippen LogP contribution in [0.2, 0.25) is 0 Å². The van der Waals surface area contributed by atoms with Crippen LogP contribution in [0.15, 0.2) is 52.3 Å². The summed E-state index contributed by atoms with van der Waals surface area (Å²) >= 11 is 0. The van der Waals surface area contributed by atoms with Gasteiger partial charge in [-0.3, -0.25) is 4.68 Å². The van der Waals surface area contributed by atoms with Crippen LogP contribution in [0.1, 0.15) is 17.8 Å². The molecule has 0 N–H and O–H groups in total. The highest BCUT2D eigenvalue weighted by Crippen LogP contribution is 2.28. The number of aromatic nitrogens is 2. The number of aryl methyl sites for hydroxylation is 2. The van der Waals surface area contributed by atoms with Gasteiger partial charge in [0.05, 0.1) is 16.3 Å². The molecule has 1 aliphatic heterocycles. The van der Waals surface area contributed by atoms with Gasteiger partial charge in [-0.1, -0.05) is 36.4 Å². The maximum absolute atomic E-state index is 13.4. The normalized spacial score (nSPS) is 17.1. The van der Waals surface area contributed by atoms with Crippen molar-refractivity contribution in [3.8, 4) is 0 Å². The molecule has 8 nitrogen and oxygen atoms in total. The molecule has 0 atom stereocenters. The first-order valence-corrected chi connectivity index (χ1v) is 13.0. The number of benzene rings is 2. The van der Waals surface area contributed by atoms with Gasteiger partial charge >= 0.3 is 0 Å². The molecule has 4 rings (SSSR count). The molecule has 0 radical (unpaired) electrons. The summed E-state index contributed by atoms with van der Waals surface area (Å²) in [5.74, 6) is 0. The van der Waals surface area contributed by atoms with Crippen LogP contribution in [0.4, 0.5) is 0 Å². The lowest BCUT2D eigenvalue weighted by Crippen LogP contribution is -2.37. The van der Waals surface area contributed by atoms with Crippen LogP contribution < -0.4 is 0 Å². The minimum absolute atomic E-state index is 0.0973. The van der Waals surface area contributed by atoms with Gasteiger partial charge in [-0.15, -0.1) is 0 Å². The summed E-state index contributed by atoms with van der Waals surface area (Å²) < 4.78 is 57.8. The number of rotatable bonds is 4. The first-order valence-electron chi connectivity index (χ1n) is 10.1. The second kappa shape index (κ2) is 8.01. The summed E-state index contributed by atoms with van der Waals surface area (Å²) in [4.78, 5) is 0.459. The summed E-state index contributed by atoms with van der Waals surface area (Å²) in [6, 6.07) is 12.6. The van der Waals surface area contributed by atoms with E-state index >= 15 is 0 Å². The zero-order valence-corrected chi connectivity index (χ0v) is 19.4. The van der Waals surface area contributed by atoms with E-state index in [4.69, 9.17) is 0 Å². The quantitative estimate of drug-likeness (QED) is 0.593. The molecule has 0 amide bonds. The van der Waals surface area contributed by atoms with E-state index in [0.29, 0.717) is 23.2 Å². The molecule has 1 fully saturated rings. The first kappa shape index (κ1) is 21.9. The standard InChI is InChI=1S/C21H26N4O4S2/c1-16-21(17(2)23(3)22-16)31(28,29)25-13-7-12-24(14-15-25)30(26,27)20-11-6-9-18-8-4-5-10-19(18)20/h4-6,8-11H,7,12-15H2,1-3H3. The molecule has 31 heavy (non-hydrogen) atoms. The molecule has 2 aromatic carbocycles. The van der Waals surface area contributed by atoms with Gasteiger partial charge in [0.25, 0.3) is 0 Å². The SMILES string of the molecule is Cc1nn(C)c(C)c1S(=O)(=O)N1CCCN(S(=O)(=O)c2cccc3ccccc23)CC1. The Kier molecular flexibility index (Phi) is 5.67. The average Bonchev–Trinajstić information content (AvgIpc) is 2.91. The van der Waals surface area contributed by atoms with Crippen molar-refractivity contribution in [2.45, 2.75) is 30.1 Å². The summed E-state index contributed by atoms with van der Waals surface area (Å²) in [5.41, 5.74) is 1.02. The molecule has 0 saturated carbocycles. The van der Waals surface area contributed by atoms with Gasteiger partial charge in [-0.25, -0.2) is 16.8 Å². The third-order valence-corrected chi connectivity index (χ3v) is 9.93. The molecule has 0 spiro atoms. The molecule has 1 saturated heterocycles. The van der Waals surface area contributed by atoms with Crippen molar-refractivity contribution in [1.82, 2.24) is 18.4 Å². The van der Waals surface area contributed by atoms with E-state index in [0.717, 1.165) is 5.39 Å². The van der Waals surface area contributed by atoms with E-state index in [-0.39, 0.29) is 36.0 Å². The molecular weight excluding hydrogens is 436 g/mol. The predicted octanol–water partition coefficient (Wildman–Crippen LogP) is 2.28. The largest absolute Gasteiger partial charge is 0.271 e. The monoisotopic (exact) mass is 462 g/mol. The van der Waals surface area contributed by atoms with Gasteiger partial charge in [0, 0.05) is 38.6 Å². The van der Waals surface area contributed by atoms with E-state index in [2.05, 4.69) is 5.10 Å². The number of nitrogens with zero attached hydrogens (tertiary/aromatic N) is 4. The Morgan fingerprint density at radius 1 is 0.806 bits per heavy atom. The Morgan fingerprint density at radius 3 is 2.06 bits per heavy atom. The van der Waals surface area contributed by atoms with Gasteiger partial charge in [-0.05, 0) is 31.7 Å². The minimum Gasteiger partial charge on any atom is -0.271 e. The second-order valence-electron chi connectivity index (χ2n) is 7.76. The lowest BCUT2D eigenvalue weighted by Gasteiger charge is -2.22. The van der Waals surface area contributed by atoms with Crippen molar-refractivity contribution in [1.29, 1.82) is 0 Å². The number of hydrogen-bond acceptors (Lipinski definition) is 5. The zero-order chi connectivity index (χ0) is 22.4. The maximum Gasteiger partial charge on any atom is 0.246 e. The molecule has 166 valence electrons. The summed E-state index contributed by atoms with van der Waals surface area (Å²) in [6.45, 7) is 4.13. The average molecular weight is 463 g/mol. The van der Waals surface area contributed by atoms with Gasteiger partial charge in [0.2, 0.25) is 20.0 Å². The summed E-state index contributed by atoms with van der Waals surface area (Å²) in [5, 5.41) is 5.74. The van der Waals surface area contributed by atoms with Gasteiger partial charge in [0.1, 0.15) is 4.90 Å². The Labute approximate surface area is 183 Å². The zero-order valence-electron chi connectivity index (χ0n) is 17.8. The molecule has 1 aliphatic rings. The smallest absolute Gasteiger partial charge is 0.246 e. The van der Waals surface area contributed by atoms with Gasteiger partial charge in [-0.2, -0.15) is 13.7 Å². The van der Waals surface area contributed by atoms with Crippen LogP contribution in [0.5, 0.6) is 0 Å². The molecule has 0 bridgehead atoms. The third kappa shape index (κ3) is 3.78. The van der Waals surface area contributed by atoms with Crippen LogP contribution >= 0.6 is 0 Å². The fourth-order valence-corrected chi connectivity index (χ4v) is 7.72. The summed E-state index contributed by atoms with van der Waals surface area (Å²) in [6.07, 6.45) is 0.418. The van der Waals surface area contributed by atoms with Crippen LogP contribution in [-0.2, 0) is 27.1 Å². The first-order chi connectivity index (χ1) is 14.6. The van der Waals surface area contributed by atoms with Crippen molar-refractivity contribution in [3.63, 3.8) is 0 Å². The van der Waals surface area contributed by atoms with Gasteiger partial charge < -0.3 is 0 Å². The van der Waals surface area contributed by atoms with Crippen molar-refractivity contribution >= 4 is 30.8 Å². The lowest BCUT2D eigenvalue weighted by molar-refractivity contribution is 0.404. The van der Waals surface area contributed by atoms with Crippen LogP contribution in [0, 0.1) is 13.8 Å². The van der Waals surface area contributed by atoms with Crippen LogP contribution in [0.3, 0.4) is 0 Å². The number of fused-ring (bicyclic) bond motifs is 1. The Hall–Kier alpha value is -2.27. The van der Waals surface area contributed by atoms with Gasteiger partial charge in [0.15, 0.2) is 0 Å². The van der Waals surface area contributed by atoms with Crippen molar-refractivity contribution < 1.29 is 16.8 Å². The highest BCUT2D eigenvalue weighted by atomic mass is 32.2. The van der Waals surface area contributed by atoms with E-state index < -0.39 is 20.0 Å². The fourth-order valence-electron chi connectivity index (χ4n) is 4.17. The van der Waals surface area contributed by atoms with E-state index in [1.165, 1.54) is 8.61 Å². The van der Waals surface area contributed by atoms with Crippen LogP contribution in [-0.4, -0.2) is 61.4 Å². The molecule has 10 heteroatoms. The molecule has 2 heterocycles. The fraction of sp³-hybridized carbons (Fsp3) is 0.381. The number of sulfonamides is 2. The second-order valence-corrected chi connectivity index (χ2v) is 11.5. The van der Waals surface area contributed by atoms with Crippen molar-refractivity contribution in [2.24, 2.45) is 7.05 Å². The third-order valence-electron chi connectivity index (χ3n) is 5.82. The Balaban J connectivity index is 1.63. The highest BCUT2D eigenvalue weighted by molar-refractivity contribution is 7.89. The van der Waals surface area contributed by atoms with Crippen LogP contribution in [0.25, 0.3) is 10.8 Å². The van der Waals surface area contributed by atoms with Crippen molar-refractivity contribution in [3.05, 3.63) is 53.9 Å². The number of hydrogen-bond donors (Lipinski definition) is 0. The van der Waals surface area contributed by atoms with E-state index in [1.54, 1.807) is 43.8 Å². The Bertz CT molecular complexity index is 1340. The maximum atomic E-state index is 13.4. The van der Waals surface area contributed by atoms with E-state index in [9.17, 15) is 16.8 Å². The molecule has 0 unspecified atom stereocenters. The predicted molar refractivity (Wildman–Crippen MR) is 119 cm³/mol. The lowest BCUT2D eigenvalue weighted by atomic mass is 10.1. The van der Waals surface area contributed by atoms with Crippen molar-refractivity contribution in [2.75, 3.05) is 26.2 Å². The highest BCUT2D eigenvalue weighted by Gasteiger charge is 2.34. The molecule has 3 aromatic rings. The molecular formula is C21H26N4O4S2. The summed E-state index contributed by atoms with van der Waals surface area (Å²) in [7, 11) is -5.82. The van der Waals surface area contributed by atoms with E-state index in [1.807, 2.05) is 24.3 Å². The topological polar surface area (TPSA) is 92.6 Å². The Morgan fingerprint density at radius 2 is 1.42 bits per heavy atom. The minimum atomic E-state index is -3.77. The molecule has 0 aliphatic carbocycles. The molecule has 1 aromatic heterocycles.